The zero-order chi connectivity index (χ0) is 13.3. The third-order valence-corrected chi connectivity index (χ3v) is 3.44. The van der Waals surface area contributed by atoms with Gasteiger partial charge in [-0.15, -0.1) is 0 Å². The maximum Gasteiger partial charge on any atom is 0.410 e. The normalized spacial score (nSPS) is 28.0. The molecule has 2 aliphatic rings. The number of aliphatic imine (C=N–C) groups is 1. The molecule has 2 rings (SSSR count). The number of alkyl halides is 1. The maximum absolute atomic E-state index is 12.1. The SMILES string of the molecule is CC(C)(C)OC(=O)N1CCC[C@H]1C1=NCC(Br)N1. The number of hydrogen-bond acceptors (Lipinski definition) is 4. The molecule has 1 N–H and O–H groups in total. The number of carbonyl (C=O) groups is 1. The van der Waals surface area contributed by atoms with Gasteiger partial charge in [0, 0.05) is 6.54 Å². The first kappa shape index (κ1) is 13.6. The summed E-state index contributed by atoms with van der Waals surface area (Å²) in [6.45, 7) is 7.11. The number of amidine groups is 1. The molecule has 0 saturated carbocycles. The number of nitrogens with zero attached hydrogens (tertiary/aromatic N) is 2. The molecule has 0 radical (unpaired) electrons. The molecule has 1 unspecified atom stereocenters. The molecule has 6 heteroatoms. The molecule has 0 aromatic heterocycles. The quantitative estimate of drug-likeness (QED) is 0.595. The van der Waals surface area contributed by atoms with Gasteiger partial charge in [0.15, 0.2) is 0 Å². The van der Waals surface area contributed by atoms with Crippen molar-refractivity contribution in [3.05, 3.63) is 0 Å². The van der Waals surface area contributed by atoms with Gasteiger partial charge in [0.2, 0.25) is 0 Å². The van der Waals surface area contributed by atoms with Gasteiger partial charge in [0.05, 0.1) is 12.6 Å². The van der Waals surface area contributed by atoms with Gasteiger partial charge in [0.25, 0.3) is 0 Å². The minimum Gasteiger partial charge on any atom is -0.444 e. The first-order chi connectivity index (χ1) is 8.37. The van der Waals surface area contributed by atoms with Gasteiger partial charge in [-0.1, -0.05) is 15.9 Å². The van der Waals surface area contributed by atoms with Crippen molar-refractivity contribution in [2.75, 3.05) is 13.1 Å². The summed E-state index contributed by atoms with van der Waals surface area (Å²) in [5, 5.41) is 3.26. The summed E-state index contributed by atoms with van der Waals surface area (Å²) in [6, 6.07) is 0.0439. The Bertz CT molecular complexity index is 365. The Morgan fingerprint density at radius 2 is 2.28 bits per heavy atom. The molecule has 1 amide bonds. The third kappa shape index (κ3) is 3.16. The molecule has 0 spiro atoms. The zero-order valence-electron chi connectivity index (χ0n) is 11.1. The number of hydrogen-bond donors (Lipinski definition) is 1. The monoisotopic (exact) mass is 317 g/mol. The van der Waals surface area contributed by atoms with E-state index in [0.29, 0.717) is 6.54 Å². The van der Waals surface area contributed by atoms with Gasteiger partial charge in [-0.2, -0.15) is 0 Å². The average Bonchev–Trinajstić information content (AvgIpc) is 2.81. The predicted molar refractivity (Wildman–Crippen MR) is 74.1 cm³/mol. The van der Waals surface area contributed by atoms with Crippen LogP contribution in [0.5, 0.6) is 0 Å². The predicted octanol–water partition coefficient (Wildman–Crippen LogP) is 2.11. The van der Waals surface area contributed by atoms with Gasteiger partial charge < -0.3 is 10.1 Å². The van der Waals surface area contributed by atoms with E-state index in [9.17, 15) is 4.79 Å². The molecule has 0 aromatic rings. The summed E-state index contributed by atoms with van der Waals surface area (Å²) < 4.78 is 5.43. The van der Waals surface area contributed by atoms with Crippen molar-refractivity contribution < 1.29 is 9.53 Å². The van der Waals surface area contributed by atoms with Gasteiger partial charge in [0.1, 0.15) is 16.4 Å². The van der Waals surface area contributed by atoms with Crippen molar-refractivity contribution in [2.45, 2.75) is 50.2 Å². The second kappa shape index (κ2) is 5.07. The lowest BCUT2D eigenvalue weighted by Crippen LogP contribution is -2.47. The molecule has 102 valence electrons. The number of nitrogens with one attached hydrogen (secondary N) is 1. The van der Waals surface area contributed by atoms with Crippen molar-refractivity contribution in [1.29, 1.82) is 0 Å². The first-order valence-electron chi connectivity index (χ1n) is 6.31. The third-order valence-electron chi connectivity index (χ3n) is 2.92. The fourth-order valence-electron chi connectivity index (χ4n) is 2.22. The molecule has 0 aromatic carbocycles. The van der Waals surface area contributed by atoms with Crippen LogP contribution in [0.3, 0.4) is 0 Å². The Morgan fingerprint density at radius 1 is 1.56 bits per heavy atom. The van der Waals surface area contributed by atoms with Gasteiger partial charge >= 0.3 is 6.09 Å². The lowest BCUT2D eigenvalue weighted by Gasteiger charge is -2.28. The summed E-state index contributed by atoms with van der Waals surface area (Å²) in [4.78, 5) is 18.5. The van der Waals surface area contributed by atoms with E-state index in [0.717, 1.165) is 25.2 Å². The van der Waals surface area contributed by atoms with E-state index in [4.69, 9.17) is 4.74 Å². The van der Waals surface area contributed by atoms with E-state index in [-0.39, 0.29) is 17.1 Å². The Hall–Kier alpha value is -0.780. The highest BCUT2D eigenvalue weighted by molar-refractivity contribution is 9.09. The van der Waals surface area contributed by atoms with E-state index in [1.165, 1.54) is 0 Å². The minimum atomic E-state index is -0.451. The van der Waals surface area contributed by atoms with E-state index in [1.807, 2.05) is 20.8 Å². The van der Waals surface area contributed by atoms with Crippen LogP contribution in [0.25, 0.3) is 0 Å². The molecule has 2 atom stereocenters. The zero-order valence-corrected chi connectivity index (χ0v) is 12.7. The standard InChI is InChI=1S/C12H20BrN3O2/c1-12(2,3)18-11(17)16-6-4-5-8(16)10-14-7-9(13)15-10/h8-9H,4-7H2,1-3H3,(H,14,15)/t8-,9?/m0/s1. The molecule has 0 bridgehead atoms. The molecule has 2 aliphatic heterocycles. The fraction of sp³-hybridized carbons (Fsp3) is 0.833. The van der Waals surface area contributed by atoms with Crippen molar-refractivity contribution in [2.24, 2.45) is 4.99 Å². The van der Waals surface area contributed by atoms with E-state index >= 15 is 0 Å². The highest BCUT2D eigenvalue weighted by Gasteiger charge is 2.36. The Balaban J connectivity index is 2.02. The Labute approximate surface area is 116 Å². The van der Waals surface area contributed by atoms with Crippen LogP contribution in [0.1, 0.15) is 33.6 Å². The highest BCUT2D eigenvalue weighted by atomic mass is 79.9. The number of likely N-dealkylation sites (tertiary alicyclic amines) is 1. The molecular formula is C12H20BrN3O2. The highest BCUT2D eigenvalue weighted by Crippen LogP contribution is 2.23. The second-order valence-electron chi connectivity index (χ2n) is 5.67. The van der Waals surface area contributed by atoms with Gasteiger partial charge in [-0.25, -0.2) is 4.79 Å². The van der Waals surface area contributed by atoms with Crippen LogP contribution in [0.4, 0.5) is 4.79 Å². The van der Waals surface area contributed by atoms with Crippen molar-refractivity contribution in [3.63, 3.8) is 0 Å². The lowest BCUT2D eigenvalue weighted by molar-refractivity contribution is 0.0264. The summed E-state index contributed by atoms with van der Waals surface area (Å²) >= 11 is 3.47. The fourth-order valence-corrected chi connectivity index (χ4v) is 2.60. The summed E-state index contributed by atoms with van der Waals surface area (Å²) in [5.41, 5.74) is -0.451. The summed E-state index contributed by atoms with van der Waals surface area (Å²) in [7, 11) is 0. The molecular weight excluding hydrogens is 298 g/mol. The van der Waals surface area contributed by atoms with Crippen molar-refractivity contribution in [3.8, 4) is 0 Å². The number of carbonyl (C=O) groups excluding carboxylic acids is 1. The van der Waals surface area contributed by atoms with Gasteiger partial charge in [-0.3, -0.25) is 9.89 Å². The molecule has 5 nitrogen and oxygen atoms in total. The van der Waals surface area contributed by atoms with Crippen molar-refractivity contribution in [1.82, 2.24) is 10.2 Å². The number of amides is 1. The van der Waals surface area contributed by atoms with Crippen LogP contribution in [-0.2, 0) is 4.74 Å². The number of rotatable bonds is 1. The largest absolute Gasteiger partial charge is 0.444 e. The molecule has 18 heavy (non-hydrogen) atoms. The van der Waals surface area contributed by atoms with Crippen molar-refractivity contribution >= 4 is 27.9 Å². The second-order valence-corrected chi connectivity index (χ2v) is 6.77. The molecule has 2 heterocycles. The van der Waals surface area contributed by atoms with E-state index in [1.54, 1.807) is 4.90 Å². The molecule has 0 aliphatic carbocycles. The van der Waals surface area contributed by atoms with Crippen LogP contribution in [-0.4, -0.2) is 46.5 Å². The number of ether oxygens (including phenoxy) is 1. The summed E-state index contributed by atoms with van der Waals surface area (Å²) in [5.74, 6) is 0.903. The average molecular weight is 318 g/mol. The number of halogens is 1. The Morgan fingerprint density at radius 3 is 2.83 bits per heavy atom. The topological polar surface area (TPSA) is 53.9 Å². The van der Waals surface area contributed by atoms with Crippen LogP contribution >= 0.6 is 15.9 Å². The maximum atomic E-state index is 12.1. The first-order valence-corrected chi connectivity index (χ1v) is 7.23. The van der Waals surface area contributed by atoms with Crippen LogP contribution < -0.4 is 5.32 Å². The Kier molecular flexibility index (Phi) is 3.84. The molecule has 1 saturated heterocycles. The lowest BCUT2D eigenvalue weighted by atomic mass is 10.2. The van der Waals surface area contributed by atoms with Crippen LogP contribution in [0.2, 0.25) is 0 Å². The molecule has 1 fully saturated rings. The van der Waals surface area contributed by atoms with E-state index < -0.39 is 5.60 Å². The smallest absolute Gasteiger partial charge is 0.410 e. The van der Waals surface area contributed by atoms with Crippen LogP contribution in [0, 0.1) is 0 Å². The van der Waals surface area contributed by atoms with Gasteiger partial charge in [-0.05, 0) is 33.6 Å². The summed E-state index contributed by atoms with van der Waals surface area (Å²) in [6.07, 6.45) is 1.70. The van der Waals surface area contributed by atoms with Crippen LogP contribution in [0.15, 0.2) is 4.99 Å². The minimum absolute atomic E-state index is 0.0439. The van der Waals surface area contributed by atoms with E-state index in [2.05, 4.69) is 26.2 Å².